The van der Waals surface area contributed by atoms with Crippen LogP contribution in [0.15, 0.2) is 35.8 Å². The molecule has 128 valence electrons. The molecule has 1 aliphatic heterocycles. The van der Waals surface area contributed by atoms with Gasteiger partial charge in [-0.3, -0.25) is 0 Å². The molecular formula is C20H28N3O+. The lowest BCUT2D eigenvalue weighted by Gasteiger charge is -2.21. The normalized spacial score (nSPS) is 17.8. The summed E-state index contributed by atoms with van der Waals surface area (Å²) in [6.07, 6.45) is 6.29. The Bertz CT molecular complexity index is 757. The van der Waals surface area contributed by atoms with Crippen molar-refractivity contribution in [1.82, 2.24) is 4.57 Å². The Hall–Kier alpha value is -2.10. The molecule has 0 amide bonds. The highest BCUT2D eigenvalue weighted by atomic mass is 16.5. The highest BCUT2D eigenvalue weighted by molar-refractivity contribution is 5.76. The first-order valence-electron chi connectivity index (χ1n) is 8.59. The zero-order valence-electron chi connectivity index (χ0n) is 15.6. The molecule has 24 heavy (non-hydrogen) atoms. The Morgan fingerprint density at radius 3 is 2.46 bits per heavy atom. The van der Waals surface area contributed by atoms with Crippen molar-refractivity contribution in [3.63, 3.8) is 0 Å². The van der Waals surface area contributed by atoms with Gasteiger partial charge in [0, 0.05) is 0 Å². The molecule has 2 aromatic rings. The second-order valence-corrected chi connectivity index (χ2v) is 7.96. The summed E-state index contributed by atoms with van der Waals surface area (Å²) in [5.74, 6) is 0.829. The number of imidazole rings is 1. The number of ether oxygens (including phenoxy) is 1. The van der Waals surface area contributed by atoms with E-state index < -0.39 is 0 Å². The average Bonchev–Trinajstić information content (AvgIpc) is 3.07. The lowest BCUT2D eigenvalue weighted by Crippen LogP contribution is -2.35. The van der Waals surface area contributed by atoms with Crippen LogP contribution in [0.1, 0.15) is 37.5 Å². The zero-order valence-corrected chi connectivity index (χ0v) is 15.6. The predicted molar refractivity (Wildman–Crippen MR) is 96.8 cm³/mol. The van der Waals surface area contributed by atoms with Gasteiger partial charge in [0.15, 0.2) is 6.54 Å². The molecule has 0 spiro atoms. The van der Waals surface area contributed by atoms with Gasteiger partial charge in [-0.15, -0.1) is 0 Å². The topological polar surface area (TPSA) is 30.4 Å². The van der Waals surface area contributed by atoms with E-state index in [1.54, 1.807) is 0 Å². The highest BCUT2D eigenvalue weighted by Gasteiger charge is 2.30. The van der Waals surface area contributed by atoms with Gasteiger partial charge in [0.1, 0.15) is 24.7 Å². The summed E-state index contributed by atoms with van der Waals surface area (Å²) in [7, 11) is 0. The van der Waals surface area contributed by atoms with Crippen LogP contribution in [0.5, 0.6) is 0 Å². The molecule has 0 saturated carbocycles. The van der Waals surface area contributed by atoms with Gasteiger partial charge in [0.05, 0.1) is 6.04 Å². The first-order valence-corrected chi connectivity index (χ1v) is 8.59. The van der Waals surface area contributed by atoms with E-state index >= 15 is 0 Å². The molecule has 0 radical (unpaired) electrons. The smallest absolute Gasteiger partial charge is 0.249 e. The minimum atomic E-state index is 0.147. The second-order valence-electron chi connectivity index (χ2n) is 7.96. The van der Waals surface area contributed by atoms with Crippen LogP contribution < -0.4 is 4.57 Å². The quantitative estimate of drug-likeness (QED) is 0.794. The molecule has 3 rings (SSSR count). The summed E-state index contributed by atoms with van der Waals surface area (Å²) in [6.45, 7) is 14.5. The third kappa shape index (κ3) is 3.37. The van der Waals surface area contributed by atoms with E-state index in [0.29, 0.717) is 13.2 Å². The maximum atomic E-state index is 5.79. The summed E-state index contributed by atoms with van der Waals surface area (Å²) >= 11 is 0. The molecule has 1 aliphatic rings. The number of aryl methyl sites for hydroxylation is 3. The van der Waals surface area contributed by atoms with Crippen molar-refractivity contribution in [3.8, 4) is 5.69 Å². The van der Waals surface area contributed by atoms with Gasteiger partial charge in [-0.25, -0.2) is 14.1 Å². The van der Waals surface area contributed by atoms with Gasteiger partial charge < -0.3 is 4.74 Å². The van der Waals surface area contributed by atoms with Crippen LogP contribution in [0.3, 0.4) is 0 Å². The second kappa shape index (κ2) is 6.08. The van der Waals surface area contributed by atoms with Crippen LogP contribution in [0.25, 0.3) is 5.69 Å². The Kier molecular flexibility index (Phi) is 4.24. The van der Waals surface area contributed by atoms with E-state index in [2.05, 4.69) is 81.5 Å². The van der Waals surface area contributed by atoms with Crippen LogP contribution in [0, 0.1) is 26.2 Å². The number of rotatable bonds is 3. The van der Waals surface area contributed by atoms with Gasteiger partial charge in [-0.1, -0.05) is 38.5 Å². The molecule has 1 aromatic heterocycles. The van der Waals surface area contributed by atoms with Crippen LogP contribution in [0.2, 0.25) is 0 Å². The van der Waals surface area contributed by atoms with Gasteiger partial charge in [0.2, 0.25) is 12.2 Å². The molecule has 2 heterocycles. The van der Waals surface area contributed by atoms with Crippen LogP contribution in [-0.2, 0) is 11.3 Å². The molecule has 0 N–H and O–H groups in total. The summed E-state index contributed by atoms with van der Waals surface area (Å²) in [5, 5.41) is 0. The van der Waals surface area contributed by atoms with E-state index in [1.807, 2.05) is 0 Å². The number of aromatic nitrogens is 2. The summed E-state index contributed by atoms with van der Waals surface area (Å²) < 4.78 is 10.1. The van der Waals surface area contributed by atoms with Crippen LogP contribution in [-0.4, -0.2) is 23.1 Å². The van der Waals surface area contributed by atoms with E-state index in [9.17, 15) is 0 Å². The number of hydrogen-bond acceptors (Lipinski definition) is 2. The molecule has 0 bridgehead atoms. The van der Waals surface area contributed by atoms with Crippen molar-refractivity contribution in [1.29, 1.82) is 0 Å². The molecule has 0 unspecified atom stereocenters. The van der Waals surface area contributed by atoms with Crippen LogP contribution >= 0.6 is 0 Å². The van der Waals surface area contributed by atoms with Crippen LogP contribution in [0.4, 0.5) is 0 Å². The van der Waals surface area contributed by atoms with Gasteiger partial charge >= 0.3 is 0 Å². The molecule has 1 aromatic carbocycles. The molecule has 0 aliphatic carbocycles. The minimum Gasteiger partial charge on any atom is -0.476 e. The average molecular weight is 326 g/mol. The Morgan fingerprint density at radius 1 is 1.21 bits per heavy atom. The highest BCUT2D eigenvalue weighted by Crippen LogP contribution is 2.26. The molecule has 4 heteroatoms. The SMILES string of the molecule is Cc1cc(C)c(-n2cc[n+](CC3=N[C@@H](C(C)(C)C)CO3)c2)c(C)c1. The fraction of sp³-hybridized carbons (Fsp3) is 0.500. The number of benzene rings is 1. The maximum absolute atomic E-state index is 5.79. The number of aliphatic imine (C=N–C) groups is 1. The lowest BCUT2D eigenvalue weighted by atomic mass is 9.88. The third-order valence-corrected chi connectivity index (χ3v) is 4.61. The first-order chi connectivity index (χ1) is 11.2. The fourth-order valence-electron chi connectivity index (χ4n) is 3.31. The van der Waals surface area contributed by atoms with E-state index in [0.717, 1.165) is 5.90 Å². The Balaban J connectivity index is 1.80. The number of hydrogen-bond donors (Lipinski definition) is 0. The van der Waals surface area contributed by atoms with Gasteiger partial charge in [0.25, 0.3) is 0 Å². The maximum Gasteiger partial charge on any atom is 0.249 e. The van der Waals surface area contributed by atoms with Crippen molar-refractivity contribution in [2.24, 2.45) is 10.4 Å². The molecular weight excluding hydrogens is 298 g/mol. The largest absolute Gasteiger partial charge is 0.476 e. The molecule has 0 fully saturated rings. The van der Waals surface area contributed by atoms with Gasteiger partial charge in [-0.05, 0) is 37.3 Å². The monoisotopic (exact) mass is 326 g/mol. The summed E-state index contributed by atoms with van der Waals surface area (Å²) in [5.41, 5.74) is 5.28. The van der Waals surface area contributed by atoms with Crippen molar-refractivity contribution in [2.75, 3.05) is 6.61 Å². The van der Waals surface area contributed by atoms with E-state index in [-0.39, 0.29) is 11.5 Å². The standard InChI is InChI=1S/C20H28N3O/c1-14-9-15(2)19(16(3)10-14)23-8-7-22(13-23)11-18-21-17(12-24-18)20(4,5)6/h7-10,13,17H,11-12H2,1-6H3/q+1/t17-/m1/s1. The van der Waals surface area contributed by atoms with Gasteiger partial charge in [-0.2, -0.15) is 0 Å². The molecule has 1 atom stereocenters. The Morgan fingerprint density at radius 2 is 1.88 bits per heavy atom. The summed E-state index contributed by atoms with van der Waals surface area (Å²) in [6, 6.07) is 4.70. The predicted octanol–water partition coefficient (Wildman–Crippen LogP) is 3.53. The molecule has 4 nitrogen and oxygen atoms in total. The molecule has 0 saturated heterocycles. The van der Waals surface area contributed by atoms with Crippen molar-refractivity contribution in [2.45, 2.75) is 54.1 Å². The number of nitrogens with zero attached hydrogens (tertiary/aromatic N) is 3. The third-order valence-electron chi connectivity index (χ3n) is 4.61. The zero-order chi connectivity index (χ0) is 17.5. The minimum absolute atomic E-state index is 0.147. The first kappa shape index (κ1) is 16.7. The van der Waals surface area contributed by atoms with Crippen molar-refractivity contribution in [3.05, 3.63) is 47.5 Å². The van der Waals surface area contributed by atoms with E-state index in [1.165, 1.54) is 22.4 Å². The van der Waals surface area contributed by atoms with Crippen molar-refractivity contribution < 1.29 is 9.30 Å². The van der Waals surface area contributed by atoms with E-state index in [4.69, 9.17) is 9.73 Å². The fourth-order valence-corrected chi connectivity index (χ4v) is 3.31. The Labute approximate surface area is 144 Å². The lowest BCUT2D eigenvalue weighted by molar-refractivity contribution is -0.682. The summed E-state index contributed by atoms with van der Waals surface area (Å²) in [4.78, 5) is 4.75. The van der Waals surface area contributed by atoms with Crippen molar-refractivity contribution >= 4 is 5.90 Å².